The molecule has 1 aliphatic rings. The first kappa shape index (κ1) is 17.0. The van der Waals surface area contributed by atoms with E-state index in [0.29, 0.717) is 18.7 Å². The topological polar surface area (TPSA) is 78.1 Å². The number of carbonyl (C=O) groups excluding carboxylic acids is 2. The predicted octanol–water partition coefficient (Wildman–Crippen LogP) is 3.13. The van der Waals surface area contributed by atoms with E-state index < -0.39 is 0 Å². The minimum Gasteiger partial charge on any atom is -0.347 e. The maximum Gasteiger partial charge on any atom is 0.269 e. The first-order chi connectivity index (χ1) is 13.2. The molecular formula is C21H20N4O2. The molecule has 3 aromatic rings. The second kappa shape index (κ2) is 7.45. The summed E-state index contributed by atoms with van der Waals surface area (Å²) in [6.45, 7) is 1.19. The minimum absolute atomic E-state index is 0.171. The van der Waals surface area contributed by atoms with Crippen molar-refractivity contribution in [2.45, 2.75) is 19.4 Å². The maximum atomic E-state index is 12.3. The Bertz CT molecular complexity index is 948. The Kier molecular flexibility index (Phi) is 4.70. The Hall–Kier alpha value is -3.41. The van der Waals surface area contributed by atoms with Crippen LogP contribution in [0.5, 0.6) is 0 Å². The van der Waals surface area contributed by atoms with Gasteiger partial charge in [0.05, 0.1) is 5.69 Å². The zero-order valence-corrected chi connectivity index (χ0v) is 14.8. The van der Waals surface area contributed by atoms with Crippen LogP contribution in [0.2, 0.25) is 0 Å². The molecule has 1 aliphatic heterocycles. The second-order valence-electron chi connectivity index (χ2n) is 6.53. The molecule has 2 amide bonds. The van der Waals surface area contributed by atoms with Crippen LogP contribution in [0.25, 0.3) is 11.3 Å². The molecule has 0 unspecified atom stereocenters. The van der Waals surface area contributed by atoms with Crippen molar-refractivity contribution in [3.63, 3.8) is 0 Å². The fourth-order valence-corrected chi connectivity index (χ4v) is 3.19. The number of aromatic amines is 1. The molecule has 0 spiro atoms. The van der Waals surface area contributed by atoms with E-state index in [-0.39, 0.29) is 11.8 Å². The van der Waals surface area contributed by atoms with Crippen molar-refractivity contribution in [3.8, 4) is 11.3 Å². The van der Waals surface area contributed by atoms with E-state index in [1.54, 1.807) is 11.0 Å². The Labute approximate surface area is 157 Å². The van der Waals surface area contributed by atoms with E-state index in [1.807, 2.05) is 54.6 Å². The molecule has 0 aliphatic carbocycles. The number of benzene rings is 2. The lowest BCUT2D eigenvalue weighted by Crippen LogP contribution is -2.24. The van der Waals surface area contributed by atoms with Crippen molar-refractivity contribution < 1.29 is 9.59 Å². The van der Waals surface area contributed by atoms with Crippen LogP contribution in [0.4, 0.5) is 5.69 Å². The lowest BCUT2D eigenvalue weighted by molar-refractivity contribution is -0.117. The quantitative estimate of drug-likeness (QED) is 0.734. The third kappa shape index (κ3) is 3.74. The third-order valence-electron chi connectivity index (χ3n) is 4.67. The number of anilines is 1. The van der Waals surface area contributed by atoms with E-state index in [1.165, 1.54) is 0 Å². The Morgan fingerprint density at radius 3 is 2.59 bits per heavy atom. The normalized spacial score (nSPS) is 13.8. The van der Waals surface area contributed by atoms with Crippen LogP contribution in [0, 0.1) is 0 Å². The average Bonchev–Trinajstić information content (AvgIpc) is 3.37. The lowest BCUT2D eigenvalue weighted by Gasteiger charge is -2.16. The first-order valence-electron chi connectivity index (χ1n) is 8.99. The number of H-pyrrole nitrogens is 1. The van der Waals surface area contributed by atoms with Gasteiger partial charge in [-0.15, -0.1) is 0 Å². The number of amides is 2. The highest BCUT2D eigenvalue weighted by atomic mass is 16.2. The number of aromatic nitrogens is 2. The van der Waals surface area contributed by atoms with Crippen molar-refractivity contribution >= 4 is 17.5 Å². The van der Waals surface area contributed by atoms with E-state index in [2.05, 4.69) is 15.5 Å². The van der Waals surface area contributed by atoms with Crippen molar-refractivity contribution in [2.24, 2.45) is 0 Å². The van der Waals surface area contributed by atoms with E-state index in [0.717, 1.165) is 35.5 Å². The number of hydrogen-bond donors (Lipinski definition) is 2. The highest BCUT2D eigenvalue weighted by Crippen LogP contribution is 2.21. The van der Waals surface area contributed by atoms with Crippen LogP contribution < -0.4 is 10.2 Å². The molecule has 0 saturated carbocycles. The van der Waals surface area contributed by atoms with Crippen molar-refractivity contribution in [1.29, 1.82) is 0 Å². The number of carbonyl (C=O) groups is 2. The number of rotatable bonds is 5. The highest BCUT2D eigenvalue weighted by molar-refractivity contribution is 5.95. The molecule has 136 valence electrons. The minimum atomic E-state index is -0.205. The summed E-state index contributed by atoms with van der Waals surface area (Å²) >= 11 is 0. The van der Waals surface area contributed by atoms with Gasteiger partial charge < -0.3 is 10.2 Å². The SMILES string of the molecule is O=C(NCc1ccc(N2CCCC2=O)cc1)c1cc(-c2ccccc2)n[nH]1. The van der Waals surface area contributed by atoms with Crippen LogP contribution in [0.1, 0.15) is 28.9 Å². The van der Waals surface area contributed by atoms with Gasteiger partial charge in [0.25, 0.3) is 5.91 Å². The van der Waals surface area contributed by atoms with Gasteiger partial charge in [-0.3, -0.25) is 14.7 Å². The van der Waals surface area contributed by atoms with Gasteiger partial charge in [-0.05, 0) is 30.2 Å². The molecule has 6 heteroatoms. The van der Waals surface area contributed by atoms with Crippen molar-refractivity contribution in [1.82, 2.24) is 15.5 Å². The molecule has 2 aromatic carbocycles. The first-order valence-corrected chi connectivity index (χ1v) is 8.99. The summed E-state index contributed by atoms with van der Waals surface area (Å²) in [5, 5.41) is 9.87. The molecular weight excluding hydrogens is 340 g/mol. The monoisotopic (exact) mass is 360 g/mol. The molecule has 0 bridgehead atoms. The molecule has 6 nitrogen and oxygen atoms in total. The standard InChI is InChI=1S/C21H20N4O2/c26-20-7-4-12-25(20)17-10-8-15(9-11-17)14-22-21(27)19-13-18(23-24-19)16-5-2-1-3-6-16/h1-3,5-6,8-11,13H,4,7,12,14H2,(H,22,27)(H,23,24). The highest BCUT2D eigenvalue weighted by Gasteiger charge is 2.21. The summed E-state index contributed by atoms with van der Waals surface area (Å²) in [7, 11) is 0. The molecule has 2 heterocycles. The van der Waals surface area contributed by atoms with Crippen LogP contribution in [-0.4, -0.2) is 28.6 Å². The van der Waals surface area contributed by atoms with Crippen LogP contribution >= 0.6 is 0 Å². The summed E-state index contributed by atoms with van der Waals surface area (Å²) in [6, 6.07) is 19.2. The van der Waals surface area contributed by atoms with Gasteiger partial charge in [0.2, 0.25) is 5.91 Å². The average molecular weight is 360 g/mol. The van der Waals surface area contributed by atoms with E-state index in [4.69, 9.17) is 0 Å². The van der Waals surface area contributed by atoms with Crippen LogP contribution in [0.3, 0.4) is 0 Å². The van der Waals surface area contributed by atoms with Crippen LogP contribution in [0.15, 0.2) is 60.7 Å². The Morgan fingerprint density at radius 1 is 1.11 bits per heavy atom. The number of hydrogen-bond acceptors (Lipinski definition) is 3. The smallest absolute Gasteiger partial charge is 0.269 e. The molecule has 4 rings (SSSR count). The van der Waals surface area contributed by atoms with Gasteiger partial charge in [0.15, 0.2) is 0 Å². The zero-order chi connectivity index (χ0) is 18.6. The second-order valence-corrected chi connectivity index (χ2v) is 6.53. The molecule has 0 atom stereocenters. The van der Waals surface area contributed by atoms with Gasteiger partial charge in [0.1, 0.15) is 5.69 Å². The summed E-state index contributed by atoms with van der Waals surface area (Å²) in [4.78, 5) is 25.9. The van der Waals surface area contributed by atoms with Crippen LogP contribution in [-0.2, 0) is 11.3 Å². The predicted molar refractivity (Wildman–Crippen MR) is 103 cm³/mol. The van der Waals surface area contributed by atoms with Gasteiger partial charge in [0, 0.05) is 30.8 Å². The van der Waals surface area contributed by atoms with Gasteiger partial charge in [-0.2, -0.15) is 5.10 Å². The molecule has 1 aromatic heterocycles. The summed E-state index contributed by atoms with van der Waals surface area (Å²) < 4.78 is 0. The molecule has 27 heavy (non-hydrogen) atoms. The fraction of sp³-hybridized carbons (Fsp3) is 0.190. The number of nitrogens with one attached hydrogen (secondary N) is 2. The van der Waals surface area contributed by atoms with Gasteiger partial charge in [-0.25, -0.2) is 0 Å². The summed E-state index contributed by atoms with van der Waals surface area (Å²) in [5.74, 6) is -0.0343. The van der Waals surface area contributed by atoms with Gasteiger partial charge >= 0.3 is 0 Å². The Balaban J connectivity index is 1.37. The molecule has 1 saturated heterocycles. The summed E-state index contributed by atoms with van der Waals surface area (Å²) in [5.41, 5.74) is 4.00. The van der Waals surface area contributed by atoms with Crippen molar-refractivity contribution in [2.75, 3.05) is 11.4 Å². The van der Waals surface area contributed by atoms with Crippen molar-refractivity contribution in [3.05, 3.63) is 71.9 Å². The zero-order valence-electron chi connectivity index (χ0n) is 14.8. The third-order valence-corrected chi connectivity index (χ3v) is 4.67. The molecule has 1 fully saturated rings. The Morgan fingerprint density at radius 2 is 1.89 bits per heavy atom. The number of nitrogens with zero attached hydrogens (tertiary/aromatic N) is 2. The largest absolute Gasteiger partial charge is 0.347 e. The lowest BCUT2D eigenvalue weighted by atomic mass is 10.1. The van der Waals surface area contributed by atoms with E-state index in [9.17, 15) is 9.59 Å². The summed E-state index contributed by atoms with van der Waals surface area (Å²) in [6.07, 6.45) is 1.53. The maximum absolute atomic E-state index is 12.3. The molecule has 2 N–H and O–H groups in total. The fourth-order valence-electron chi connectivity index (χ4n) is 3.19. The van der Waals surface area contributed by atoms with Gasteiger partial charge in [-0.1, -0.05) is 42.5 Å². The molecule has 0 radical (unpaired) electrons. The van der Waals surface area contributed by atoms with E-state index >= 15 is 0 Å².